The van der Waals surface area contributed by atoms with Gasteiger partial charge in [-0.3, -0.25) is 9.59 Å². The van der Waals surface area contributed by atoms with E-state index in [1.165, 1.54) is 0 Å². The van der Waals surface area contributed by atoms with Gasteiger partial charge in [-0.2, -0.15) is 0 Å². The molecule has 0 bridgehead atoms. The summed E-state index contributed by atoms with van der Waals surface area (Å²) in [5.41, 5.74) is 4.74. The van der Waals surface area contributed by atoms with Crippen molar-refractivity contribution in [2.75, 3.05) is 14.1 Å². The largest absolute Gasteiger partial charge is 0.346 e. The molecular weight excluding hydrogens is 721 g/mol. The zero-order chi connectivity index (χ0) is 42.3. The van der Waals surface area contributed by atoms with Gasteiger partial charge in [0.15, 0.2) is 0 Å². The summed E-state index contributed by atoms with van der Waals surface area (Å²) in [6.07, 6.45) is 11.2. The molecule has 10 heteroatoms. The third-order valence-electron chi connectivity index (χ3n) is 13.5. The number of imidazole rings is 2. The molecule has 2 atom stereocenters. The van der Waals surface area contributed by atoms with E-state index in [1.807, 2.05) is 26.5 Å². The summed E-state index contributed by atoms with van der Waals surface area (Å²) in [6.45, 7) is 22.0. The van der Waals surface area contributed by atoms with Gasteiger partial charge in [-0.05, 0) is 98.2 Å². The smallest absolute Gasteiger partial charge is 0.240 e. The Hall–Kier alpha value is -4.28. The van der Waals surface area contributed by atoms with Gasteiger partial charge in [0.2, 0.25) is 11.8 Å². The number of rotatable bonds is 11. The standard InChI is InChI=1S/C48H70N8O2/c1-43(2,3)37(55-41(57)47(49-11)25-21-45(7,8)22-26-47)39-51-29-35(53-39)33-17-13-31(14-18-33)32-15-19-34(20-16-32)36-30-52-40(54-36)38(44(4,5)6)56-42(58)48(50-12)27-23-46(9,10)24-28-48/h13-20,29-30,37-38,49-50H,21-28H2,1-12H3,(H,51,53)(H,52,54)(H,55,57)(H,56,58)/t37-,38-/m1/s1. The van der Waals surface area contributed by atoms with Crippen molar-refractivity contribution in [3.63, 3.8) is 0 Å². The van der Waals surface area contributed by atoms with Crippen molar-refractivity contribution in [2.24, 2.45) is 21.7 Å². The molecule has 314 valence electrons. The van der Waals surface area contributed by atoms with E-state index in [0.717, 1.165) is 96.7 Å². The Morgan fingerprint density at radius 1 is 0.534 bits per heavy atom. The molecule has 2 aliphatic carbocycles. The predicted molar refractivity (Wildman–Crippen MR) is 236 cm³/mol. The Bertz CT molecular complexity index is 1870. The number of carbonyl (C=O) groups is 2. The zero-order valence-corrected chi connectivity index (χ0v) is 37.3. The Labute approximate surface area is 347 Å². The Morgan fingerprint density at radius 2 is 0.828 bits per heavy atom. The second kappa shape index (κ2) is 16.1. The first-order valence-corrected chi connectivity index (χ1v) is 21.4. The van der Waals surface area contributed by atoms with E-state index >= 15 is 0 Å². The number of aromatic nitrogens is 4. The van der Waals surface area contributed by atoms with Crippen LogP contribution < -0.4 is 21.3 Å². The van der Waals surface area contributed by atoms with E-state index in [2.05, 4.69) is 149 Å². The van der Waals surface area contributed by atoms with Gasteiger partial charge in [0.05, 0.1) is 34.5 Å². The predicted octanol–water partition coefficient (Wildman–Crippen LogP) is 9.66. The Morgan fingerprint density at radius 3 is 1.10 bits per heavy atom. The third kappa shape index (κ3) is 9.28. The molecule has 2 aliphatic rings. The van der Waals surface area contributed by atoms with E-state index in [1.54, 1.807) is 0 Å². The minimum Gasteiger partial charge on any atom is -0.346 e. The summed E-state index contributed by atoms with van der Waals surface area (Å²) in [5.74, 6) is 1.61. The molecular formula is C48H70N8O2. The molecule has 6 rings (SSSR count). The van der Waals surface area contributed by atoms with Crippen LogP contribution in [0.2, 0.25) is 0 Å². The minimum absolute atomic E-state index is 0.0471. The average Bonchev–Trinajstić information content (AvgIpc) is 3.87. The highest BCUT2D eigenvalue weighted by Gasteiger charge is 2.46. The quantitative estimate of drug-likeness (QED) is 0.0895. The highest BCUT2D eigenvalue weighted by Crippen LogP contribution is 2.43. The maximum Gasteiger partial charge on any atom is 0.240 e. The first kappa shape index (κ1) is 43.3. The number of benzene rings is 2. The van der Waals surface area contributed by atoms with Gasteiger partial charge < -0.3 is 31.2 Å². The lowest BCUT2D eigenvalue weighted by molar-refractivity contribution is -0.132. The van der Waals surface area contributed by atoms with Crippen molar-refractivity contribution in [1.82, 2.24) is 41.2 Å². The van der Waals surface area contributed by atoms with Gasteiger partial charge in [-0.15, -0.1) is 0 Å². The maximum atomic E-state index is 13.9. The molecule has 6 N–H and O–H groups in total. The molecule has 0 aliphatic heterocycles. The van der Waals surface area contributed by atoms with Crippen molar-refractivity contribution in [2.45, 2.75) is 144 Å². The van der Waals surface area contributed by atoms with Gasteiger partial charge in [0.1, 0.15) is 11.6 Å². The lowest BCUT2D eigenvalue weighted by atomic mass is 9.69. The van der Waals surface area contributed by atoms with Crippen LogP contribution in [0.4, 0.5) is 0 Å². The van der Waals surface area contributed by atoms with Crippen molar-refractivity contribution < 1.29 is 9.59 Å². The summed E-state index contributed by atoms with van der Waals surface area (Å²) in [6, 6.07) is 16.3. The molecule has 2 fully saturated rings. The number of hydrogen-bond acceptors (Lipinski definition) is 6. The number of hydrogen-bond donors (Lipinski definition) is 6. The first-order chi connectivity index (χ1) is 27.1. The SMILES string of the molecule is CNC1(C(=O)N[C@H](c2nc(-c3ccc(-c4ccc(-c5c[nH]c([C@@H](NC(=O)C6(NC)CCC(C)(C)CC6)C(C)(C)C)n5)cc4)cc3)c[nH]2)C(C)(C)C)CCC(C)(C)CC1. The monoisotopic (exact) mass is 791 g/mol. The van der Waals surface area contributed by atoms with Crippen LogP contribution in [-0.2, 0) is 9.59 Å². The Balaban J connectivity index is 1.13. The van der Waals surface area contributed by atoms with Crippen LogP contribution in [0.1, 0.15) is 144 Å². The fourth-order valence-electron chi connectivity index (χ4n) is 8.75. The van der Waals surface area contributed by atoms with Crippen LogP contribution in [0.5, 0.6) is 0 Å². The van der Waals surface area contributed by atoms with Crippen molar-refractivity contribution >= 4 is 11.8 Å². The number of amides is 2. The molecule has 2 aromatic carbocycles. The van der Waals surface area contributed by atoms with Crippen LogP contribution in [0.3, 0.4) is 0 Å². The summed E-state index contributed by atoms with van der Waals surface area (Å²) in [5, 5.41) is 13.6. The van der Waals surface area contributed by atoms with E-state index < -0.39 is 11.1 Å². The molecule has 0 saturated heterocycles. The van der Waals surface area contributed by atoms with Gasteiger partial charge in [0.25, 0.3) is 0 Å². The summed E-state index contributed by atoms with van der Waals surface area (Å²) in [4.78, 5) is 44.6. The molecule has 0 radical (unpaired) electrons. The number of H-pyrrole nitrogens is 2. The third-order valence-corrected chi connectivity index (χ3v) is 13.5. The van der Waals surface area contributed by atoms with Gasteiger partial charge >= 0.3 is 0 Å². The van der Waals surface area contributed by atoms with Crippen molar-refractivity contribution in [3.8, 4) is 33.6 Å². The lowest BCUT2D eigenvalue weighted by Gasteiger charge is -2.43. The molecule has 58 heavy (non-hydrogen) atoms. The highest BCUT2D eigenvalue weighted by molar-refractivity contribution is 5.87. The van der Waals surface area contributed by atoms with Crippen LogP contribution in [-0.4, -0.2) is 56.9 Å². The number of likely N-dealkylation sites (N-methyl/N-ethyl adjacent to an activating group) is 2. The fraction of sp³-hybridized carbons (Fsp3) is 0.583. The van der Waals surface area contributed by atoms with Gasteiger partial charge in [-0.1, -0.05) is 118 Å². The maximum absolute atomic E-state index is 13.9. The number of nitrogens with zero attached hydrogens (tertiary/aromatic N) is 2. The van der Waals surface area contributed by atoms with Gasteiger partial charge in [0, 0.05) is 23.5 Å². The molecule has 0 unspecified atom stereocenters. The molecule has 4 aromatic rings. The number of nitrogens with one attached hydrogen (secondary N) is 6. The molecule has 2 saturated carbocycles. The zero-order valence-electron chi connectivity index (χ0n) is 37.3. The van der Waals surface area contributed by atoms with Gasteiger partial charge in [-0.25, -0.2) is 9.97 Å². The normalized spacial score (nSPS) is 19.9. The fourth-order valence-corrected chi connectivity index (χ4v) is 8.75. The second-order valence-corrected chi connectivity index (χ2v) is 21.0. The minimum atomic E-state index is -0.569. The highest BCUT2D eigenvalue weighted by atomic mass is 16.2. The van der Waals surface area contributed by atoms with Crippen LogP contribution in [0, 0.1) is 21.7 Å². The second-order valence-electron chi connectivity index (χ2n) is 21.0. The number of carbonyl (C=O) groups excluding carboxylic acids is 2. The van der Waals surface area contributed by atoms with E-state index in [0.29, 0.717) is 0 Å². The van der Waals surface area contributed by atoms with Crippen molar-refractivity contribution in [1.29, 1.82) is 0 Å². The first-order valence-electron chi connectivity index (χ1n) is 21.4. The average molecular weight is 791 g/mol. The Kier molecular flexibility index (Phi) is 12.0. The summed E-state index contributed by atoms with van der Waals surface area (Å²) < 4.78 is 0. The molecule has 2 amide bonds. The van der Waals surface area contributed by atoms with E-state index in [-0.39, 0.29) is 45.6 Å². The van der Waals surface area contributed by atoms with Crippen molar-refractivity contribution in [3.05, 3.63) is 72.6 Å². The van der Waals surface area contributed by atoms with Crippen LogP contribution >= 0.6 is 0 Å². The molecule has 2 aromatic heterocycles. The van der Waals surface area contributed by atoms with Crippen LogP contribution in [0.25, 0.3) is 33.6 Å². The summed E-state index contributed by atoms with van der Waals surface area (Å²) >= 11 is 0. The molecule has 2 heterocycles. The van der Waals surface area contributed by atoms with Crippen LogP contribution in [0.15, 0.2) is 60.9 Å². The molecule has 10 nitrogen and oxygen atoms in total. The topological polar surface area (TPSA) is 140 Å². The number of aromatic amines is 2. The van der Waals surface area contributed by atoms with E-state index in [4.69, 9.17) is 9.97 Å². The lowest BCUT2D eigenvalue weighted by Crippen LogP contribution is -2.59. The van der Waals surface area contributed by atoms with E-state index in [9.17, 15) is 9.59 Å². The summed E-state index contributed by atoms with van der Waals surface area (Å²) in [7, 11) is 3.82. The molecule has 0 spiro atoms.